The van der Waals surface area contributed by atoms with E-state index < -0.39 is 0 Å². The van der Waals surface area contributed by atoms with Gasteiger partial charge in [0.2, 0.25) is 23.6 Å². The molecule has 0 radical (unpaired) electrons. The first-order chi connectivity index (χ1) is 18.4. The smallest absolute Gasteiger partial charge is 0.248 e. The highest BCUT2D eigenvalue weighted by Crippen LogP contribution is 2.27. The molecule has 204 valence electrons. The Hall–Kier alpha value is -1.96. The van der Waals surface area contributed by atoms with Gasteiger partial charge in [0.1, 0.15) is 0 Å². The number of halogens is 6. The van der Waals surface area contributed by atoms with Crippen LogP contribution in [-0.4, -0.2) is 20.4 Å². The van der Waals surface area contributed by atoms with Crippen molar-refractivity contribution in [3.63, 3.8) is 0 Å². The maximum Gasteiger partial charge on any atom is 0.248 e. The van der Waals surface area contributed by atoms with Crippen molar-refractivity contribution < 1.29 is 8.83 Å². The number of hydrogen-bond acceptors (Lipinski definition) is 6. The molecule has 6 aromatic rings. The molecule has 0 bridgehead atoms. The van der Waals surface area contributed by atoms with Crippen molar-refractivity contribution in [2.75, 3.05) is 0 Å². The maximum atomic E-state index is 5.68. The zero-order chi connectivity index (χ0) is 26.5. The lowest BCUT2D eigenvalue weighted by molar-refractivity contribution is 0.584. The summed E-state index contributed by atoms with van der Waals surface area (Å²) in [6.07, 6.45) is 0. The number of rotatable bonds is 4. The van der Waals surface area contributed by atoms with Crippen LogP contribution in [0.25, 0.3) is 45.8 Å². The van der Waals surface area contributed by atoms with E-state index in [1.165, 1.54) is 0 Å². The van der Waals surface area contributed by atoms with Crippen molar-refractivity contribution in [3.05, 3.63) is 115 Å². The zero-order valence-electron chi connectivity index (χ0n) is 20.2. The molecule has 12 heteroatoms. The fourth-order valence-electron chi connectivity index (χ4n) is 3.28. The van der Waals surface area contributed by atoms with Gasteiger partial charge >= 0.3 is 0 Å². The van der Waals surface area contributed by atoms with E-state index in [1.54, 1.807) is 0 Å². The van der Waals surface area contributed by atoms with Gasteiger partial charge in [0.05, 0.1) is 0 Å². The molecule has 0 spiro atoms. The molecule has 0 fully saturated rings. The lowest BCUT2D eigenvalue weighted by Gasteiger charge is -1.96. The van der Waals surface area contributed by atoms with Crippen molar-refractivity contribution in [1.29, 1.82) is 0 Å². The van der Waals surface area contributed by atoms with Crippen molar-refractivity contribution >= 4 is 97.7 Å². The third-order valence-electron chi connectivity index (χ3n) is 5.21. The summed E-state index contributed by atoms with van der Waals surface area (Å²) < 4.78 is 15.4. The normalized spacial score (nSPS) is 10.1. The summed E-state index contributed by atoms with van der Waals surface area (Å²) in [5.41, 5.74) is 3.61. The molecule has 0 amide bonds. The quantitative estimate of drug-likeness (QED) is 0.175. The van der Waals surface area contributed by atoms with E-state index in [0.29, 0.717) is 23.6 Å². The molecule has 6 nitrogen and oxygen atoms in total. The van der Waals surface area contributed by atoms with Gasteiger partial charge in [-0.15, -0.1) is 54.4 Å². The molecule has 0 aliphatic carbocycles. The highest BCUT2D eigenvalue weighted by atomic mass is 79.9. The molecule has 0 atom stereocenters. The van der Waals surface area contributed by atoms with E-state index in [1.807, 2.05) is 97.1 Å². The Morgan fingerprint density at radius 2 is 0.500 bits per heavy atom. The fourth-order valence-corrected chi connectivity index (χ4v) is 4.34. The zero-order valence-corrected chi connectivity index (χ0v) is 29.9. The molecule has 0 saturated heterocycles. The summed E-state index contributed by atoms with van der Waals surface area (Å²) in [7, 11) is 0. The molecule has 6 rings (SSSR count). The summed E-state index contributed by atoms with van der Waals surface area (Å²) >= 11 is 13.6. The second-order valence-electron chi connectivity index (χ2n) is 7.85. The van der Waals surface area contributed by atoms with E-state index in [4.69, 9.17) is 8.83 Å². The van der Waals surface area contributed by atoms with Crippen LogP contribution in [0.1, 0.15) is 0 Å². The Kier molecular flexibility index (Phi) is 12.5. The third kappa shape index (κ3) is 8.53. The summed E-state index contributed by atoms with van der Waals surface area (Å²) in [6, 6.07) is 31.0. The molecule has 4 aromatic carbocycles. The van der Waals surface area contributed by atoms with Crippen molar-refractivity contribution in [1.82, 2.24) is 20.4 Å². The summed E-state index contributed by atoms with van der Waals surface area (Å²) in [6.45, 7) is 0. The lowest BCUT2D eigenvalue weighted by atomic mass is 10.2. The Bertz CT molecular complexity index is 1390. The largest absolute Gasteiger partial charge is 0.416 e. The van der Waals surface area contributed by atoms with E-state index >= 15 is 0 Å². The van der Waals surface area contributed by atoms with Crippen LogP contribution in [-0.2, 0) is 0 Å². The molecule has 0 saturated carbocycles. The second kappa shape index (κ2) is 15.3. The molecule has 0 aliphatic heterocycles. The van der Waals surface area contributed by atoms with Gasteiger partial charge in [-0.05, 0) is 97.1 Å². The Labute approximate surface area is 285 Å². The van der Waals surface area contributed by atoms with Crippen LogP contribution in [0.4, 0.5) is 0 Å². The average molecular weight is 922 g/mol. The van der Waals surface area contributed by atoms with Gasteiger partial charge in [0.15, 0.2) is 0 Å². The molecule has 0 unspecified atom stereocenters. The Morgan fingerprint density at radius 1 is 0.325 bits per heavy atom. The van der Waals surface area contributed by atoms with Crippen LogP contribution >= 0.6 is 97.7 Å². The Balaban J connectivity index is 0.000000210. The molecule has 40 heavy (non-hydrogen) atoms. The second-order valence-corrected chi connectivity index (χ2v) is 11.5. The minimum absolute atomic E-state index is 0. The highest BCUT2D eigenvalue weighted by Gasteiger charge is 2.11. The van der Waals surface area contributed by atoms with Crippen LogP contribution in [0.2, 0.25) is 0 Å². The standard InChI is InChI=1S/2C14H8Br2N2O.2BrH/c2*15-11-5-1-9(2-6-11)13-17-18-14(19-13)10-3-7-12(16)8-4-10;;/h2*1-8H;2*1H. The fraction of sp³-hybridized carbons (Fsp3) is 0. The molecule has 2 heterocycles. The molecule has 0 N–H and O–H groups in total. The molecule has 0 aliphatic rings. The van der Waals surface area contributed by atoms with Crippen LogP contribution in [0.5, 0.6) is 0 Å². The first-order valence-electron chi connectivity index (χ1n) is 11.2. The van der Waals surface area contributed by atoms with E-state index in [-0.39, 0.29) is 34.0 Å². The van der Waals surface area contributed by atoms with Crippen molar-refractivity contribution in [2.45, 2.75) is 0 Å². The predicted molar refractivity (Wildman–Crippen MR) is 182 cm³/mol. The Morgan fingerprint density at radius 3 is 0.675 bits per heavy atom. The third-order valence-corrected chi connectivity index (χ3v) is 7.33. The molecule has 2 aromatic heterocycles. The van der Waals surface area contributed by atoms with E-state index in [9.17, 15) is 0 Å². The first-order valence-corrected chi connectivity index (χ1v) is 14.3. The SMILES string of the molecule is Br.Br.Brc1ccc(-c2nnc(-c3ccc(Br)cc3)o2)cc1.Brc1ccc(-c2nnc(-c3ccc(Br)cc3)o2)cc1. The summed E-state index contributed by atoms with van der Waals surface area (Å²) in [4.78, 5) is 0. The van der Waals surface area contributed by atoms with Gasteiger partial charge in [-0.25, -0.2) is 0 Å². The topological polar surface area (TPSA) is 77.8 Å². The average Bonchev–Trinajstić information content (AvgIpc) is 3.62. The van der Waals surface area contributed by atoms with Crippen molar-refractivity contribution in [2.24, 2.45) is 0 Å². The number of hydrogen-bond donors (Lipinski definition) is 0. The summed E-state index contributed by atoms with van der Waals surface area (Å²) in [5, 5.41) is 16.3. The number of benzene rings is 4. The monoisotopic (exact) mass is 916 g/mol. The minimum Gasteiger partial charge on any atom is -0.416 e. The van der Waals surface area contributed by atoms with Crippen LogP contribution in [0.15, 0.2) is 124 Å². The van der Waals surface area contributed by atoms with Gasteiger partial charge in [0, 0.05) is 40.1 Å². The highest BCUT2D eigenvalue weighted by molar-refractivity contribution is 9.11. The minimum atomic E-state index is 0. The van der Waals surface area contributed by atoms with Crippen molar-refractivity contribution in [3.8, 4) is 45.8 Å². The van der Waals surface area contributed by atoms with Gasteiger partial charge < -0.3 is 8.83 Å². The van der Waals surface area contributed by atoms with Crippen LogP contribution < -0.4 is 0 Å². The molecular weight excluding hydrogens is 904 g/mol. The van der Waals surface area contributed by atoms with E-state index in [2.05, 4.69) is 84.1 Å². The van der Waals surface area contributed by atoms with Crippen LogP contribution in [0.3, 0.4) is 0 Å². The predicted octanol–water partition coefficient (Wildman–Crippen LogP) is 11.0. The van der Waals surface area contributed by atoms with Gasteiger partial charge in [-0.3, -0.25) is 0 Å². The maximum absolute atomic E-state index is 5.68. The van der Waals surface area contributed by atoms with Gasteiger partial charge in [-0.2, -0.15) is 0 Å². The van der Waals surface area contributed by atoms with E-state index in [0.717, 1.165) is 40.1 Å². The van der Waals surface area contributed by atoms with Gasteiger partial charge in [0.25, 0.3) is 0 Å². The number of aromatic nitrogens is 4. The number of nitrogens with zero attached hydrogens (tertiary/aromatic N) is 4. The van der Waals surface area contributed by atoms with Gasteiger partial charge in [-0.1, -0.05) is 63.7 Å². The summed E-state index contributed by atoms with van der Waals surface area (Å²) in [5.74, 6) is 2.08. The molecular formula is C28H18Br6N4O2. The lowest BCUT2D eigenvalue weighted by Crippen LogP contribution is -1.77. The van der Waals surface area contributed by atoms with Crippen LogP contribution in [0, 0.1) is 0 Å². The first kappa shape index (κ1) is 32.6.